The first kappa shape index (κ1) is 19.1. The highest BCUT2D eigenvalue weighted by Crippen LogP contribution is 2.20. The lowest BCUT2D eigenvalue weighted by molar-refractivity contribution is -0.116. The van der Waals surface area contributed by atoms with Gasteiger partial charge in [-0.05, 0) is 42.8 Å². The van der Waals surface area contributed by atoms with Crippen molar-refractivity contribution in [2.45, 2.75) is 20.3 Å². The highest BCUT2D eigenvalue weighted by atomic mass is 16.2. The standard InChI is InChI=1S/C22H22N4O2/c1-15-6-8-17(9-7-15)12-22(28)26-21-11-10-20(14-23-21)25-19-5-3-4-18(13-19)24-16(2)27/h3-11,13-14,25H,12H2,1-2H3,(H,24,27)(H,23,26,28). The van der Waals surface area contributed by atoms with Crippen molar-refractivity contribution in [3.05, 3.63) is 78.0 Å². The largest absolute Gasteiger partial charge is 0.354 e. The first-order chi connectivity index (χ1) is 13.5. The Bertz CT molecular complexity index is 967. The Hall–Kier alpha value is -3.67. The van der Waals surface area contributed by atoms with Gasteiger partial charge in [-0.2, -0.15) is 0 Å². The quantitative estimate of drug-likeness (QED) is 0.602. The van der Waals surface area contributed by atoms with Crippen LogP contribution in [0.1, 0.15) is 18.1 Å². The first-order valence-corrected chi connectivity index (χ1v) is 8.94. The lowest BCUT2D eigenvalue weighted by Crippen LogP contribution is -2.15. The molecule has 3 aromatic rings. The van der Waals surface area contributed by atoms with Gasteiger partial charge in [0.25, 0.3) is 0 Å². The van der Waals surface area contributed by atoms with Crippen LogP contribution in [0.25, 0.3) is 0 Å². The number of nitrogens with zero attached hydrogens (tertiary/aromatic N) is 1. The molecule has 2 amide bonds. The van der Waals surface area contributed by atoms with E-state index in [4.69, 9.17) is 0 Å². The number of nitrogens with one attached hydrogen (secondary N) is 3. The van der Waals surface area contributed by atoms with Gasteiger partial charge in [0, 0.05) is 18.3 Å². The van der Waals surface area contributed by atoms with Gasteiger partial charge in [0.2, 0.25) is 11.8 Å². The predicted octanol–water partition coefficient (Wildman–Crippen LogP) is 4.27. The minimum Gasteiger partial charge on any atom is -0.354 e. The zero-order valence-electron chi connectivity index (χ0n) is 15.8. The molecule has 0 aliphatic heterocycles. The van der Waals surface area contributed by atoms with Gasteiger partial charge >= 0.3 is 0 Å². The van der Waals surface area contributed by atoms with Crippen molar-refractivity contribution in [2.24, 2.45) is 0 Å². The molecule has 6 heteroatoms. The number of carbonyl (C=O) groups excluding carboxylic acids is 2. The molecule has 0 aliphatic rings. The number of benzene rings is 2. The molecule has 0 aliphatic carbocycles. The second-order valence-electron chi connectivity index (χ2n) is 6.53. The molecular weight excluding hydrogens is 352 g/mol. The molecule has 0 unspecified atom stereocenters. The number of rotatable bonds is 6. The van der Waals surface area contributed by atoms with Crippen LogP contribution in [-0.4, -0.2) is 16.8 Å². The van der Waals surface area contributed by atoms with Gasteiger partial charge in [-0.1, -0.05) is 35.9 Å². The van der Waals surface area contributed by atoms with Crippen molar-refractivity contribution in [2.75, 3.05) is 16.0 Å². The molecule has 2 aromatic carbocycles. The number of anilines is 4. The van der Waals surface area contributed by atoms with Crippen LogP contribution < -0.4 is 16.0 Å². The fourth-order valence-corrected chi connectivity index (χ4v) is 2.66. The molecular formula is C22H22N4O2. The second-order valence-corrected chi connectivity index (χ2v) is 6.53. The SMILES string of the molecule is CC(=O)Nc1cccc(Nc2ccc(NC(=O)Cc3ccc(C)cc3)nc2)c1. The molecule has 0 atom stereocenters. The Morgan fingerprint density at radius 1 is 0.893 bits per heavy atom. The average Bonchev–Trinajstić information content (AvgIpc) is 2.65. The van der Waals surface area contributed by atoms with E-state index in [0.717, 1.165) is 22.5 Å². The fraction of sp³-hybridized carbons (Fsp3) is 0.136. The normalized spacial score (nSPS) is 10.2. The number of hydrogen-bond donors (Lipinski definition) is 3. The van der Waals surface area contributed by atoms with E-state index >= 15 is 0 Å². The molecule has 3 rings (SSSR count). The summed E-state index contributed by atoms with van der Waals surface area (Å²) in [6, 6.07) is 18.8. The van der Waals surface area contributed by atoms with Gasteiger partial charge in [-0.15, -0.1) is 0 Å². The van der Waals surface area contributed by atoms with Crippen LogP contribution in [0.2, 0.25) is 0 Å². The van der Waals surface area contributed by atoms with Crippen LogP contribution in [0, 0.1) is 6.92 Å². The van der Waals surface area contributed by atoms with E-state index in [-0.39, 0.29) is 11.8 Å². The Morgan fingerprint density at radius 2 is 1.64 bits per heavy atom. The van der Waals surface area contributed by atoms with E-state index in [9.17, 15) is 9.59 Å². The van der Waals surface area contributed by atoms with Gasteiger partial charge in [-0.25, -0.2) is 4.98 Å². The third-order valence-electron chi connectivity index (χ3n) is 3.99. The molecule has 0 spiro atoms. The summed E-state index contributed by atoms with van der Waals surface area (Å²) in [5.74, 6) is 0.263. The maximum atomic E-state index is 12.2. The lowest BCUT2D eigenvalue weighted by atomic mass is 10.1. The Balaban J connectivity index is 1.58. The fourth-order valence-electron chi connectivity index (χ4n) is 2.66. The number of hydrogen-bond acceptors (Lipinski definition) is 4. The van der Waals surface area contributed by atoms with E-state index in [1.54, 1.807) is 12.3 Å². The summed E-state index contributed by atoms with van der Waals surface area (Å²) in [6.45, 7) is 3.48. The average molecular weight is 374 g/mol. The Labute approximate surface area is 164 Å². The smallest absolute Gasteiger partial charge is 0.229 e. The minimum atomic E-state index is -0.121. The molecule has 6 nitrogen and oxygen atoms in total. The van der Waals surface area contributed by atoms with Crippen molar-refractivity contribution in [1.29, 1.82) is 0 Å². The first-order valence-electron chi connectivity index (χ1n) is 8.94. The van der Waals surface area contributed by atoms with Gasteiger partial charge in [0.05, 0.1) is 18.3 Å². The van der Waals surface area contributed by atoms with Gasteiger partial charge in [0.1, 0.15) is 5.82 Å². The molecule has 0 radical (unpaired) electrons. The van der Waals surface area contributed by atoms with E-state index < -0.39 is 0 Å². The number of aromatic nitrogens is 1. The monoisotopic (exact) mass is 374 g/mol. The van der Waals surface area contributed by atoms with Crippen molar-refractivity contribution in [3.8, 4) is 0 Å². The second kappa shape index (κ2) is 8.81. The molecule has 28 heavy (non-hydrogen) atoms. The highest BCUT2D eigenvalue weighted by Gasteiger charge is 2.05. The molecule has 0 fully saturated rings. The molecule has 3 N–H and O–H groups in total. The number of aryl methyl sites for hydroxylation is 1. The number of amides is 2. The van der Waals surface area contributed by atoms with Gasteiger partial charge in [-0.3, -0.25) is 9.59 Å². The zero-order chi connectivity index (χ0) is 19.9. The van der Waals surface area contributed by atoms with Crippen LogP contribution in [0.15, 0.2) is 66.9 Å². The van der Waals surface area contributed by atoms with E-state index in [1.807, 2.05) is 61.5 Å². The van der Waals surface area contributed by atoms with Gasteiger partial charge in [0.15, 0.2) is 0 Å². The van der Waals surface area contributed by atoms with Crippen LogP contribution in [-0.2, 0) is 16.0 Å². The van der Waals surface area contributed by atoms with Crippen molar-refractivity contribution < 1.29 is 9.59 Å². The summed E-state index contributed by atoms with van der Waals surface area (Å²) in [5.41, 5.74) is 4.43. The predicted molar refractivity (Wildman–Crippen MR) is 112 cm³/mol. The summed E-state index contributed by atoms with van der Waals surface area (Å²) >= 11 is 0. The van der Waals surface area contributed by atoms with Gasteiger partial charge < -0.3 is 16.0 Å². The third kappa shape index (κ3) is 5.67. The minimum absolute atomic E-state index is 0.111. The van der Waals surface area contributed by atoms with Crippen LogP contribution >= 0.6 is 0 Å². The Kier molecular flexibility index (Phi) is 6.01. The third-order valence-corrected chi connectivity index (χ3v) is 3.99. The van der Waals surface area contributed by atoms with Crippen molar-refractivity contribution in [3.63, 3.8) is 0 Å². The van der Waals surface area contributed by atoms with Crippen LogP contribution in [0.3, 0.4) is 0 Å². The highest BCUT2D eigenvalue weighted by molar-refractivity contribution is 5.91. The maximum absolute atomic E-state index is 12.2. The summed E-state index contributed by atoms with van der Waals surface area (Å²) in [5, 5.41) is 8.76. The van der Waals surface area contributed by atoms with Crippen LogP contribution in [0.4, 0.5) is 22.9 Å². The number of pyridine rings is 1. The van der Waals surface area contributed by atoms with E-state index in [1.165, 1.54) is 6.92 Å². The molecule has 1 heterocycles. The van der Waals surface area contributed by atoms with E-state index in [2.05, 4.69) is 20.9 Å². The molecule has 0 saturated heterocycles. The molecule has 1 aromatic heterocycles. The summed E-state index contributed by atoms with van der Waals surface area (Å²) < 4.78 is 0. The number of carbonyl (C=O) groups is 2. The lowest BCUT2D eigenvalue weighted by Gasteiger charge is -2.10. The van der Waals surface area contributed by atoms with Crippen molar-refractivity contribution >= 4 is 34.7 Å². The van der Waals surface area contributed by atoms with E-state index in [0.29, 0.717) is 17.9 Å². The van der Waals surface area contributed by atoms with Crippen LogP contribution in [0.5, 0.6) is 0 Å². The van der Waals surface area contributed by atoms with Crippen molar-refractivity contribution in [1.82, 2.24) is 4.98 Å². The Morgan fingerprint density at radius 3 is 2.32 bits per heavy atom. The summed E-state index contributed by atoms with van der Waals surface area (Å²) in [6.07, 6.45) is 1.95. The summed E-state index contributed by atoms with van der Waals surface area (Å²) in [7, 11) is 0. The maximum Gasteiger partial charge on any atom is 0.229 e. The molecule has 0 bridgehead atoms. The summed E-state index contributed by atoms with van der Waals surface area (Å²) in [4.78, 5) is 27.6. The topological polar surface area (TPSA) is 83.1 Å². The molecule has 142 valence electrons. The zero-order valence-corrected chi connectivity index (χ0v) is 15.8. The molecule has 0 saturated carbocycles.